The summed E-state index contributed by atoms with van der Waals surface area (Å²) in [4.78, 5) is 36.2. The lowest BCUT2D eigenvalue weighted by Crippen LogP contribution is -2.45. The lowest BCUT2D eigenvalue weighted by atomic mass is 9.69. The molecule has 2 aliphatic rings. The number of anilines is 1. The lowest BCUT2D eigenvalue weighted by molar-refractivity contribution is -0.155. The number of carboxylic acid groups (broad SMARTS) is 1. The van der Waals surface area contributed by atoms with Gasteiger partial charge in [-0.05, 0) is 56.4 Å². The average Bonchev–Trinajstić information content (AvgIpc) is 3.15. The number of esters is 1. The van der Waals surface area contributed by atoms with Crippen LogP contribution in [-0.2, 0) is 14.3 Å². The zero-order chi connectivity index (χ0) is 18.2. The number of hydrogen-bond acceptors (Lipinski definition) is 4. The SMILES string of the molecule is CCOC(=O)c1ccc(NC(=O)[C@@H]2[C@H]3C=C[C@@H](C3)[C@@]2(C)C(=O)O)cc1. The number of aliphatic carboxylic acids is 1. The van der Waals surface area contributed by atoms with Crippen LogP contribution in [0, 0.1) is 23.2 Å². The number of carbonyl (C=O) groups is 3. The molecule has 1 fully saturated rings. The summed E-state index contributed by atoms with van der Waals surface area (Å²) in [5.74, 6) is -2.43. The van der Waals surface area contributed by atoms with Crippen molar-refractivity contribution in [1.82, 2.24) is 0 Å². The largest absolute Gasteiger partial charge is 0.481 e. The van der Waals surface area contributed by atoms with E-state index in [1.807, 2.05) is 12.2 Å². The topological polar surface area (TPSA) is 92.7 Å². The molecular weight excluding hydrogens is 322 g/mol. The summed E-state index contributed by atoms with van der Waals surface area (Å²) in [5, 5.41) is 12.5. The lowest BCUT2D eigenvalue weighted by Gasteiger charge is -2.33. The second kappa shape index (κ2) is 6.35. The third-order valence-electron chi connectivity index (χ3n) is 5.37. The van der Waals surface area contributed by atoms with Crippen LogP contribution in [0.15, 0.2) is 36.4 Å². The van der Waals surface area contributed by atoms with E-state index in [2.05, 4.69) is 5.32 Å². The van der Waals surface area contributed by atoms with Gasteiger partial charge in [-0.3, -0.25) is 9.59 Å². The van der Waals surface area contributed by atoms with Gasteiger partial charge in [0.15, 0.2) is 0 Å². The van der Waals surface area contributed by atoms with Crippen LogP contribution in [0.2, 0.25) is 0 Å². The van der Waals surface area contributed by atoms with Crippen molar-refractivity contribution in [3.05, 3.63) is 42.0 Å². The summed E-state index contributed by atoms with van der Waals surface area (Å²) in [6.07, 6.45) is 4.56. The third kappa shape index (κ3) is 2.81. The highest BCUT2D eigenvalue weighted by atomic mass is 16.5. The minimum Gasteiger partial charge on any atom is -0.481 e. The molecule has 2 N–H and O–H groups in total. The fraction of sp³-hybridized carbons (Fsp3) is 0.421. The van der Waals surface area contributed by atoms with E-state index >= 15 is 0 Å². The molecule has 1 saturated carbocycles. The zero-order valence-corrected chi connectivity index (χ0v) is 14.2. The van der Waals surface area contributed by atoms with E-state index in [0.717, 1.165) is 0 Å². The first-order chi connectivity index (χ1) is 11.9. The highest BCUT2D eigenvalue weighted by Gasteiger charge is 2.60. The molecule has 0 heterocycles. The standard InChI is InChI=1S/C19H21NO5/c1-3-25-17(22)11-5-8-14(9-6-11)20-16(21)15-12-4-7-13(10-12)19(15,2)18(23)24/h4-9,12-13,15H,3,10H2,1-2H3,(H,20,21)(H,23,24)/t12-,13-,15-,19+/m0/s1. The monoisotopic (exact) mass is 343 g/mol. The maximum Gasteiger partial charge on any atom is 0.338 e. The molecule has 0 radical (unpaired) electrons. The Morgan fingerprint density at radius 3 is 2.52 bits per heavy atom. The maximum absolute atomic E-state index is 12.7. The summed E-state index contributed by atoms with van der Waals surface area (Å²) in [6, 6.07) is 6.38. The molecule has 6 nitrogen and oxygen atoms in total. The fourth-order valence-corrected chi connectivity index (χ4v) is 3.98. The van der Waals surface area contributed by atoms with Crippen molar-refractivity contribution in [3.63, 3.8) is 0 Å². The summed E-state index contributed by atoms with van der Waals surface area (Å²) < 4.78 is 4.92. The van der Waals surface area contributed by atoms with E-state index in [0.29, 0.717) is 24.3 Å². The molecule has 1 aromatic carbocycles. The quantitative estimate of drug-likeness (QED) is 0.633. The van der Waals surface area contributed by atoms with Crippen LogP contribution in [0.3, 0.4) is 0 Å². The van der Waals surface area contributed by atoms with Crippen LogP contribution in [0.4, 0.5) is 5.69 Å². The van der Waals surface area contributed by atoms with E-state index in [1.165, 1.54) is 0 Å². The summed E-state index contributed by atoms with van der Waals surface area (Å²) in [6.45, 7) is 3.68. The molecule has 2 aliphatic carbocycles. The molecule has 4 atom stereocenters. The molecule has 6 heteroatoms. The first kappa shape index (κ1) is 17.2. The van der Waals surface area contributed by atoms with Crippen LogP contribution in [0.25, 0.3) is 0 Å². The molecule has 132 valence electrons. The summed E-state index contributed by atoms with van der Waals surface area (Å²) >= 11 is 0. The Kier molecular flexibility index (Phi) is 4.37. The number of allylic oxidation sites excluding steroid dienone is 2. The first-order valence-electron chi connectivity index (χ1n) is 8.37. The number of rotatable bonds is 5. The Bertz CT molecular complexity index is 739. The second-order valence-corrected chi connectivity index (χ2v) is 6.74. The van der Waals surface area contributed by atoms with E-state index < -0.39 is 23.3 Å². The van der Waals surface area contributed by atoms with Crippen molar-refractivity contribution in [3.8, 4) is 0 Å². The number of amides is 1. The van der Waals surface area contributed by atoms with Crippen LogP contribution in [0.5, 0.6) is 0 Å². The van der Waals surface area contributed by atoms with Gasteiger partial charge in [-0.25, -0.2) is 4.79 Å². The number of carboxylic acids is 1. The van der Waals surface area contributed by atoms with Gasteiger partial charge in [0.05, 0.1) is 23.5 Å². The zero-order valence-electron chi connectivity index (χ0n) is 14.2. The Labute approximate surface area is 145 Å². The van der Waals surface area contributed by atoms with Gasteiger partial charge in [0.1, 0.15) is 0 Å². The number of nitrogens with one attached hydrogen (secondary N) is 1. The summed E-state index contributed by atoms with van der Waals surface area (Å²) in [5.41, 5.74) is -0.162. The van der Waals surface area contributed by atoms with Gasteiger partial charge in [0.25, 0.3) is 0 Å². The highest BCUT2D eigenvalue weighted by Crippen LogP contribution is 2.56. The van der Waals surface area contributed by atoms with Gasteiger partial charge in [-0.1, -0.05) is 12.2 Å². The first-order valence-corrected chi connectivity index (χ1v) is 8.37. The second-order valence-electron chi connectivity index (χ2n) is 6.74. The third-order valence-corrected chi connectivity index (χ3v) is 5.37. The molecule has 2 bridgehead atoms. The van der Waals surface area contributed by atoms with Crippen molar-refractivity contribution in [2.75, 3.05) is 11.9 Å². The van der Waals surface area contributed by atoms with Gasteiger partial charge >= 0.3 is 11.9 Å². The van der Waals surface area contributed by atoms with Crippen molar-refractivity contribution < 1.29 is 24.2 Å². The molecule has 3 rings (SSSR count). The van der Waals surface area contributed by atoms with Gasteiger partial charge in [-0.15, -0.1) is 0 Å². The molecule has 0 aromatic heterocycles. The van der Waals surface area contributed by atoms with E-state index in [1.54, 1.807) is 38.1 Å². The number of hydrogen-bond donors (Lipinski definition) is 2. The molecule has 1 aromatic rings. The molecule has 1 amide bonds. The Morgan fingerprint density at radius 2 is 1.92 bits per heavy atom. The average molecular weight is 343 g/mol. The predicted octanol–water partition coefficient (Wildman–Crippen LogP) is 2.71. The van der Waals surface area contributed by atoms with Crippen molar-refractivity contribution in [2.45, 2.75) is 20.3 Å². The Hall–Kier alpha value is -2.63. The van der Waals surface area contributed by atoms with Gasteiger partial charge in [0, 0.05) is 5.69 Å². The van der Waals surface area contributed by atoms with Crippen LogP contribution < -0.4 is 5.32 Å². The summed E-state index contributed by atoms with van der Waals surface area (Å²) in [7, 11) is 0. The minimum atomic E-state index is -1.09. The molecular formula is C19H21NO5. The molecule has 25 heavy (non-hydrogen) atoms. The van der Waals surface area contributed by atoms with Gasteiger partial charge < -0.3 is 15.2 Å². The van der Waals surface area contributed by atoms with Crippen LogP contribution >= 0.6 is 0 Å². The Morgan fingerprint density at radius 1 is 1.24 bits per heavy atom. The van der Waals surface area contributed by atoms with Crippen LogP contribution in [0.1, 0.15) is 30.6 Å². The fourth-order valence-electron chi connectivity index (χ4n) is 3.98. The smallest absolute Gasteiger partial charge is 0.338 e. The molecule has 0 unspecified atom stereocenters. The van der Waals surface area contributed by atoms with Gasteiger partial charge in [-0.2, -0.15) is 0 Å². The minimum absolute atomic E-state index is 0.0510. The Balaban J connectivity index is 1.75. The number of benzene rings is 1. The van der Waals surface area contributed by atoms with Crippen LogP contribution in [-0.4, -0.2) is 29.6 Å². The molecule has 0 saturated heterocycles. The van der Waals surface area contributed by atoms with Gasteiger partial charge in [0.2, 0.25) is 5.91 Å². The highest BCUT2D eigenvalue weighted by molar-refractivity contribution is 5.98. The van der Waals surface area contributed by atoms with E-state index in [9.17, 15) is 19.5 Å². The van der Waals surface area contributed by atoms with E-state index in [4.69, 9.17) is 4.74 Å². The molecule has 0 spiro atoms. The number of fused-ring (bicyclic) bond motifs is 2. The van der Waals surface area contributed by atoms with E-state index in [-0.39, 0.29) is 17.7 Å². The predicted molar refractivity (Wildman–Crippen MR) is 91.0 cm³/mol. The molecule has 0 aliphatic heterocycles. The number of ether oxygens (including phenoxy) is 1. The van der Waals surface area contributed by atoms with Crippen molar-refractivity contribution in [1.29, 1.82) is 0 Å². The maximum atomic E-state index is 12.7. The number of carbonyl (C=O) groups excluding carboxylic acids is 2. The van der Waals surface area contributed by atoms with Crippen molar-refractivity contribution in [2.24, 2.45) is 23.2 Å². The normalized spacial score (nSPS) is 29.4. The van der Waals surface area contributed by atoms with Crippen molar-refractivity contribution >= 4 is 23.5 Å².